The van der Waals surface area contributed by atoms with Crippen LogP contribution >= 0.6 is 11.8 Å². The number of rotatable bonds is 4. The Kier molecular flexibility index (Phi) is 4.99. The molecule has 2 atom stereocenters. The maximum atomic E-state index is 12.6. The summed E-state index contributed by atoms with van der Waals surface area (Å²) in [5.74, 6) is 2.15. The van der Waals surface area contributed by atoms with Crippen LogP contribution in [0.3, 0.4) is 0 Å². The molecule has 1 saturated heterocycles. The number of aromatic nitrogens is 3. The summed E-state index contributed by atoms with van der Waals surface area (Å²) in [5, 5.41) is 9.22. The monoisotopic (exact) mass is 348 g/mol. The highest BCUT2D eigenvalue weighted by Gasteiger charge is 2.29. The van der Waals surface area contributed by atoms with E-state index in [0.717, 1.165) is 35.1 Å². The van der Waals surface area contributed by atoms with E-state index in [0.29, 0.717) is 17.8 Å². The predicted molar refractivity (Wildman–Crippen MR) is 93.8 cm³/mol. The van der Waals surface area contributed by atoms with Crippen molar-refractivity contribution in [3.63, 3.8) is 0 Å². The second-order valence-electron chi connectivity index (χ2n) is 6.47. The van der Waals surface area contributed by atoms with E-state index in [9.17, 15) is 4.79 Å². The third-order valence-electron chi connectivity index (χ3n) is 4.74. The van der Waals surface area contributed by atoms with Crippen LogP contribution in [0, 0.1) is 6.92 Å². The van der Waals surface area contributed by atoms with Gasteiger partial charge in [0.15, 0.2) is 11.0 Å². The van der Waals surface area contributed by atoms with E-state index >= 15 is 0 Å². The van der Waals surface area contributed by atoms with E-state index in [-0.39, 0.29) is 5.91 Å². The smallest absolute Gasteiger partial charge is 0.233 e. The fraction of sp³-hybridized carbons (Fsp3) is 0.588. The van der Waals surface area contributed by atoms with Crippen LogP contribution in [-0.2, 0) is 11.8 Å². The summed E-state index contributed by atoms with van der Waals surface area (Å²) in [6.07, 6.45) is 5.04. The van der Waals surface area contributed by atoms with Crippen molar-refractivity contribution < 1.29 is 9.21 Å². The van der Waals surface area contributed by atoms with Crippen molar-refractivity contribution in [1.82, 2.24) is 19.7 Å². The van der Waals surface area contributed by atoms with Gasteiger partial charge in [0.1, 0.15) is 5.76 Å². The molecule has 0 spiro atoms. The highest BCUT2D eigenvalue weighted by Crippen LogP contribution is 2.27. The Balaban J connectivity index is 1.68. The Hall–Kier alpha value is -1.76. The molecule has 1 fully saturated rings. The van der Waals surface area contributed by atoms with Gasteiger partial charge in [0.05, 0.1) is 17.6 Å². The molecule has 1 amide bonds. The Labute approximate surface area is 146 Å². The van der Waals surface area contributed by atoms with Gasteiger partial charge >= 0.3 is 0 Å². The van der Waals surface area contributed by atoms with E-state index in [2.05, 4.69) is 24.0 Å². The van der Waals surface area contributed by atoms with Crippen molar-refractivity contribution in [3.05, 3.63) is 18.1 Å². The average molecular weight is 348 g/mol. The SMILES string of the molecule is Cc1occc1-c1nnc(SCC(=O)N2[C@H](C)CCC[C@H]2C)n1C. The number of furan rings is 1. The van der Waals surface area contributed by atoms with Gasteiger partial charge in [0.25, 0.3) is 0 Å². The first-order valence-corrected chi connectivity index (χ1v) is 9.35. The van der Waals surface area contributed by atoms with Crippen LogP contribution in [0.25, 0.3) is 11.4 Å². The second-order valence-corrected chi connectivity index (χ2v) is 7.42. The first-order chi connectivity index (χ1) is 11.5. The summed E-state index contributed by atoms with van der Waals surface area (Å²) in [5.41, 5.74) is 0.932. The third kappa shape index (κ3) is 3.22. The molecule has 0 bridgehead atoms. The minimum Gasteiger partial charge on any atom is -0.469 e. The summed E-state index contributed by atoms with van der Waals surface area (Å²) in [6.45, 7) is 6.18. The normalized spacial score (nSPS) is 21.2. The number of amides is 1. The first kappa shape index (κ1) is 17.1. The molecule has 1 aliphatic heterocycles. The largest absolute Gasteiger partial charge is 0.469 e. The molecule has 24 heavy (non-hydrogen) atoms. The number of thioether (sulfide) groups is 1. The molecule has 2 aromatic heterocycles. The molecule has 0 unspecified atom stereocenters. The quantitative estimate of drug-likeness (QED) is 0.794. The van der Waals surface area contributed by atoms with Crippen LogP contribution in [0.5, 0.6) is 0 Å². The predicted octanol–water partition coefficient (Wildman–Crippen LogP) is 3.27. The molecule has 3 heterocycles. The van der Waals surface area contributed by atoms with Gasteiger partial charge in [0, 0.05) is 19.1 Å². The molecule has 1 aliphatic rings. The third-order valence-corrected chi connectivity index (χ3v) is 5.75. The van der Waals surface area contributed by atoms with E-state index in [1.54, 1.807) is 6.26 Å². The fourth-order valence-corrected chi connectivity index (χ4v) is 4.19. The second kappa shape index (κ2) is 7.01. The molecule has 130 valence electrons. The lowest BCUT2D eigenvalue weighted by Gasteiger charge is -2.39. The molecule has 6 nitrogen and oxygen atoms in total. The lowest BCUT2D eigenvalue weighted by atomic mass is 9.98. The number of nitrogens with zero attached hydrogens (tertiary/aromatic N) is 4. The summed E-state index contributed by atoms with van der Waals surface area (Å²) in [7, 11) is 1.92. The number of likely N-dealkylation sites (tertiary alicyclic amines) is 1. The summed E-state index contributed by atoms with van der Waals surface area (Å²) in [4.78, 5) is 14.7. The Morgan fingerprint density at radius 2 is 2.04 bits per heavy atom. The summed E-state index contributed by atoms with van der Waals surface area (Å²) in [6, 6.07) is 2.53. The van der Waals surface area contributed by atoms with Gasteiger partial charge in [-0.25, -0.2) is 0 Å². The minimum absolute atomic E-state index is 0.184. The molecule has 0 aliphatic carbocycles. The number of hydrogen-bond acceptors (Lipinski definition) is 5. The molecular formula is C17H24N4O2S. The Morgan fingerprint density at radius 1 is 1.33 bits per heavy atom. The van der Waals surface area contributed by atoms with E-state index in [1.165, 1.54) is 18.2 Å². The van der Waals surface area contributed by atoms with Crippen LogP contribution in [0.15, 0.2) is 21.9 Å². The van der Waals surface area contributed by atoms with Gasteiger partial charge < -0.3 is 13.9 Å². The number of carbonyl (C=O) groups excluding carboxylic acids is 1. The zero-order valence-corrected chi connectivity index (χ0v) is 15.5. The lowest BCUT2D eigenvalue weighted by Crippen LogP contribution is -2.48. The lowest BCUT2D eigenvalue weighted by molar-refractivity contribution is -0.134. The van der Waals surface area contributed by atoms with Crippen LogP contribution in [0.4, 0.5) is 0 Å². The Morgan fingerprint density at radius 3 is 2.67 bits per heavy atom. The Bertz CT molecular complexity index is 714. The summed E-state index contributed by atoms with van der Waals surface area (Å²) >= 11 is 1.44. The number of carbonyl (C=O) groups is 1. The summed E-state index contributed by atoms with van der Waals surface area (Å²) < 4.78 is 7.25. The topological polar surface area (TPSA) is 64.2 Å². The zero-order chi connectivity index (χ0) is 17.3. The molecular weight excluding hydrogens is 324 g/mol. The van der Waals surface area contributed by atoms with E-state index < -0.39 is 0 Å². The first-order valence-electron chi connectivity index (χ1n) is 8.37. The van der Waals surface area contributed by atoms with Crippen molar-refractivity contribution in [1.29, 1.82) is 0 Å². The van der Waals surface area contributed by atoms with E-state index in [4.69, 9.17) is 4.42 Å². The van der Waals surface area contributed by atoms with Crippen LogP contribution in [-0.4, -0.2) is 43.4 Å². The van der Waals surface area contributed by atoms with Gasteiger partial charge in [-0.2, -0.15) is 0 Å². The van der Waals surface area contributed by atoms with Gasteiger partial charge in [-0.05, 0) is 46.1 Å². The minimum atomic E-state index is 0.184. The fourth-order valence-electron chi connectivity index (χ4n) is 3.41. The van der Waals surface area contributed by atoms with Crippen LogP contribution < -0.4 is 0 Å². The molecule has 0 N–H and O–H groups in total. The van der Waals surface area contributed by atoms with Crippen LogP contribution in [0.2, 0.25) is 0 Å². The van der Waals surface area contributed by atoms with Gasteiger partial charge in [0.2, 0.25) is 5.91 Å². The van der Waals surface area contributed by atoms with Crippen molar-refractivity contribution in [2.75, 3.05) is 5.75 Å². The standard InChI is InChI=1S/C17H24N4O2S/c1-11-6-5-7-12(2)21(11)15(22)10-24-17-19-18-16(20(17)4)14-8-9-23-13(14)3/h8-9,11-12H,5-7,10H2,1-4H3/t11-,12-/m1/s1. The molecule has 2 aromatic rings. The average Bonchev–Trinajstić information content (AvgIpc) is 3.11. The highest BCUT2D eigenvalue weighted by atomic mass is 32.2. The molecule has 0 saturated carbocycles. The van der Waals surface area contributed by atoms with Crippen molar-refractivity contribution >= 4 is 17.7 Å². The maximum Gasteiger partial charge on any atom is 0.233 e. The van der Waals surface area contributed by atoms with Crippen molar-refractivity contribution in [3.8, 4) is 11.4 Å². The molecule has 3 rings (SSSR count). The van der Waals surface area contributed by atoms with E-state index in [1.807, 2.05) is 29.5 Å². The van der Waals surface area contributed by atoms with Gasteiger partial charge in [-0.15, -0.1) is 10.2 Å². The number of piperidine rings is 1. The van der Waals surface area contributed by atoms with Gasteiger partial charge in [-0.1, -0.05) is 11.8 Å². The number of hydrogen-bond donors (Lipinski definition) is 0. The zero-order valence-electron chi connectivity index (χ0n) is 14.7. The highest BCUT2D eigenvalue weighted by molar-refractivity contribution is 7.99. The maximum absolute atomic E-state index is 12.6. The van der Waals surface area contributed by atoms with Crippen molar-refractivity contribution in [2.45, 2.75) is 57.3 Å². The van der Waals surface area contributed by atoms with Crippen LogP contribution in [0.1, 0.15) is 38.9 Å². The van der Waals surface area contributed by atoms with Crippen molar-refractivity contribution in [2.24, 2.45) is 7.05 Å². The van der Waals surface area contributed by atoms with Gasteiger partial charge in [-0.3, -0.25) is 4.79 Å². The molecule has 7 heteroatoms. The molecule has 0 radical (unpaired) electrons. The molecule has 0 aromatic carbocycles. The number of aryl methyl sites for hydroxylation is 1.